The fourth-order valence-electron chi connectivity index (χ4n) is 3.25. The van der Waals surface area contributed by atoms with Crippen LogP contribution in [0.15, 0.2) is 48.5 Å². The molecule has 0 aliphatic carbocycles. The van der Waals surface area contributed by atoms with Crippen molar-refractivity contribution in [1.82, 2.24) is 25.0 Å². The summed E-state index contributed by atoms with van der Waals surface area (Å²) in [5.74, 6) is 0.741. The highest BCUT2D eigenvalue weighted by atomic mass is 32.1. The van der Waals surface area contributed by atoms with E-state index in [-0.39, 0.29) is 5.91 Å². The zero-order chi connectivity index (χ0) is 20.8. The Morgan fingerprint density at radius 3 is 2.66 bits per heavy atom. The van der Waals surface area contributed by atoms with Crippen LogP contribution in [0.2, 0.25) is 0 Å². The van der Waals surface area contributed by atoms with Gasteiger partial charge < -0.3 is 10.2 Å². The molecular weight excluding hydrogens is 382 g/mol. The molecule has 3 aromatic rings. The molecule has 0 radical (unpaired) electrons. The molecule has 0 fully saturated rings. The van der Waals surface area contributed by atoms with E-state index in [9.17, 15) is 4.79 Å². The minimum Gasteiger partial charge on any atom is -0.352 e. The van der Waals surface area contributed by atoms with E-state index in [0.717, 1.165) is 29.1 Å². The summed E-state index contributed by atoms with van der Waals surface area (Å²) in [6.07, 6.45) is 0.336. The van der Waals surface area contributed by atoms with Gasteiger partial charge in [0, 0.05) is 31.6 Å². The Morgan fingerprint density at radius 2 is 1.93 bits per heavy atom. The Morgan fingerprint density at radius 1 is 1.17 bits per heavy atom. The zero-order valence-electron chi connectivity index (χ0n) is 17.1. The lowest BCUT2D eigenvalue weighted by molar-refractivity contribution is -0.121. The second-order valence-corrected chi connectivity index (χ2v) is 7.79. The molecule has 0 saturated carbocycles. The van der Waals surface area contributed by atoms with Crippen LogP contribution in [0, 0.1) is 11.7 Å². The topological polar surface area (TPSA) is 66.0 Å². The predicted molar refractivity (Wildman–Crippen MR) is 118 cm³/mol. The van der Waals surface area contributed by atoms with E-state index in [0.29, 0.717) is 24.3 Å². The van der Waals surface area contributed by atoms with E-state index in [1.165, 1.54) is 5.56 Å². The number of hydrogen-bond donors (Lipinski definition) is 2. The molecule has 2 N–H and O–H groups in total. The summed E-state index contributed by atoms with van der Waals surface area (Å²) in [7, 11) is 4.07. The molecule has 1 aromatic heterocycles. The third kappa shape index (κ3) is 5.62. The minimum absolute atomic E-state index is 0.0112. The fourth-order valence-corrected chi connectivity index (χ4v) is 3.47. The van der Waals surface area contributed by atoms with Gasteiger partial charge in [-0.25, -0.2) is 0 Å². The number of aryl methyl sites for hydroxylation is 1. The van der Waals surface area contributed by atoms with Crippen LogP contribution in [0.3, 0.4) is 0 Å². The van der Waals surface area contributed by atoms with Crippen LogP contribution in [-0.2, 0) is 24.4 Å². The van der Waals surface area contributed by atoms with Crippen LogP contribution in [-0.4, -0.2) is 39.7 Å². The summed E-state index contributed by atoms with van der Waals surface area (Å²) >= 11 is 5.36. The van der Waals surface area contributed by atoms with Crippen LogP contribution < -0.4 is 5.32 Å². The summed E-state index contributed by atoms with van der Waals surface area (Å²) in [5.41, 5.74) is 4.49. The van der Waals surface area contributed by atoms with E-state index < -0.39 is 0 Å². The SMILES string of the molecule is Cc1cccc(-c2n[nH]c(=S)n2CCC(=O)NCc2ccccc2CN(C)C)c1. The van der Waals surface area contributed by atoms with Gasteiger partial charge in [-0.15, -0.1) is 0 Å². The van der Waals surface area contributed by atoms with Gasteiger partial charge in [-0.3, -0.25) is 14.5 Å². The third-order valence-corrected chi connectivity index (χ3v) is 4.99. The first-order valence-electron chi connectivity index (χ1n) is 9.64. The molecule has 0 saturated heterocycles. The van der Waals surface area contributed by atoms with Crippen molar-refractivity contribution in [1.29, 1.82) is 0 Å². The van der Waals surface area contributed by atoms with Gasteiger partial charge in [0.2, 0.25) is 5.91 Å². The average Bonchev–Trinajstić information content (AvgIpc) is 3.06. The zero-order valence-corrected chi connectivity index (χ0v) is 17.9. The molecule has 6 nitrogen and oxygen atoms in total. The lowest BCUT2D eigenvalue weighted by atomic mass is 10.1. The lowest BCUT2D eigenvalue weighted by Gasteiger charge is -2.15. The van der Waals surface area contributed by atoms with Gasteiger partial charge in [-0.05, 0) is 50.4 Å². The second kappa shape index (κ2) is 9.62. The smallest absolute Gasteiger partial charge is 0.222 e. The number of rotatable bonds is 8. The average molecular weight is 410 g/mol. The van der Waals surface area contributed by atoms with Crippen molar-refractivity contribution in [3.8, 4) is 11.4 Å². The van der Waals surface area contributed by atoms with E-state index in [2.05, 4.69) is 38.6 Å². The first kappa shape index (κ1) is 21.0. The van der Waals surface area contributed by atoms with Gasteiger partial charge in [0.1, 0.15) is 0 Å². The maximum Gasteiger partial charge on any atom is 0.222 e. The predicted octanol–water partition coefficient (Wildman–Crippen LogP) is 3.68. The Labute approximate surface area is 176 Å². The first-order chi connectivity index (χ1) is 13.9. The summed E-state index contributed by atoms with van der Waals surface area (Å²) in [5, 5.41) is 10.2. The number of carbonyl (C=O) groups is 1. The van der Waals surface area contributed by atoms with Crippen molar-refractivity contribution in [2.75, 3.05) is 14.1 Å². The Kier molecular flexibility index (Phi) is 6.95. The van der Waals surface area contributed by atoms with Crippen molar-refractivity contribution in [2.24, 2.45) is 0 Å². The number of hydrogen-bond acceptors (Lipinski definition) is 4. The van der Waals surface area contributed by atoms with Crippen LogP contribution in [0.25, 0.3) is 11.4 Å². The van der Waals surface area contributed by atoms with Crippen molar-refractivity contribution in [2.45, 2.75) is 33.0 Å². The monoisotopic (exact) mass is 409 g/mol. The quantitative estimate of drug-likeness (QED) is 0.557. The van der Waals surface area contributed by atoms with Crippen molar-refractivity contribution < 1.29 is 4.79 Å². The molecule has 0 atom stereocenters. The number of aromatic amines is 1. The molecule has 0 aliphatic rings. The van der Waals surface area contributed by atoms with E-state index in [1.807, 2.05) is 55.9 Å². The van der Waals surface area contributed by atoms with Gasteiger partial charge in [-0.2, -0.15) is 5.10 Å². The van der Waals surface area contributed by atoms with Crippen molar-refractivity contribution in [3.05, 3.63) is 70.0 Å². The van der Waals surface area contributed by atoms with Gasteiger partial charge in [0.05, 0.1) is 0 Å². The largest absolute Gasteiger partial charge is 0.352 e. The number of nitrogens with one attached hydrogen (secondary N) is 2. The maximum absolute atomic E-state index is 12.5. The highest BCUT2D eigenvalue weighted by Crippen LogP contribution is 2.19. The van der Waals surface area contributed by atoms with Gasteiger partial charge in [0.25, 0.3) is 0 Å². The standard InChI is InChI=1S/C22H27N5OS/c1-16-7-6-10-17(13-16)21-24-25-22(29)27(21)12-11-20(28)23-14-18-8-4-5-9-19(18)15-26(2)3/h4-10,13H,11-12,14-15H2,1-3H3,(H,23,28)(H,25,29). The number of H-pyrrole nitrogens is 1. The molecule has 0 aliphatic heterocycles. The molecule has 7 heteroatoms. The van der Waals surface area contributed by atoms with Crippen LogP contribution in [0.5, 0.6) is 0 Å². The number of benzene rings is 2. The van der Waals surface area contributed by atoms with Gasteiger partial charge >= 0.3 is 0 Å². The fraction of sp³-hybridized carbons (Fsp3) is 0.318. The molecule has 1 heterocycles. The van der Waals surface area contributed by atoms with Crippen molar-refractivity contribution in [3.63, 3.8) is 0 Å². The molecule has 0 bridgehead atoms. The summed E-state index contributed by atoms with van der Waals surface area (Å²) in [6.45, 7) is 3.88. The molecule has 0 unspecified atom stereocenters. The molecule has 1 amide bonds. The molecule has 152 valence electrons. The Hall–Kier alpha value is -2.77. The van der Waals surface area contributed by atoms with E-state index in [4.69, 9.17) is 12.2 Å². The molecular formula is C22H27N5OS. The second-order valence-electron chi connectivity index (χ2n) is 7.41. The molecule has 2 aromatic carbocycles. The first-order valence-corrected chi connectivity index (χ1v) is 10.1. The molecule has 3 rings (SSSR count). The van der Waals surface area contributed by atoms with Crippen molar-refractivity contribution >= 4 is 18.1 Å². The molecule has 29 heavy (non-hydrogen) atoms. The highest BCUT2D eigenvalue weighted by Gasteiger charge is 2.11. The molecule has 0 spiro atoms. The summed E-state index contributed by atoms with van der Waals surface area (Å²) < 4.78 is 2.40. The number of nitrogens with zero attached hydrogens (tertiary/aromatic N) is 3. The van der Waals surface area contributed by atoms with Crippen LogP contribution in [0.4, 0.5) is 0 Å². The summed E-state index contributed by atoms with van der Waals surface area (Å²) in [6, 6.07) is 16.3. The summed E-state index contributed by atoms with van der Waals surface area (Å²) in [4.78, 5) is 14.6. The van der Waals surface area contributed by atoms with E-state index >= 15 is 0 Å². The van der Waals surface area contributed by atoms with Gasteiger partial charge in [0.15, 0.2) is 10.6 Å². The Balaban J connectivity index is 1.63. The minimum atomic E-state index is -0.0112. The third-order valence-electron chi connectivity index (χ3n) is 4.68. The van der Waals surface area contributed by atoms with Crippen LogP contribution in [0.1, 0.15) is 23.1 Å². The normalized spacial score (nSPS) is 11.0. The number of amides is 1. The lowest BCUT2D eigenvalue weighted by Crippen LogP contribution is -2.25. The van der Waals surface area contributed by atoms with Gasteiger partial charge in [-0.1, -0.05) is 48.0 Å². The highest BCUT2D eigenvalue weighted by molar-refractivity contribution is 7.71. The van der Waals surface area contributed by atoms with Crippen LogP contribution >= 0.6 is 12.2 Å². The number of aromatic nitrogens is 3. The maximum atomic E-state index is 12.5. The number of carbonyl (C=O) groups excluding carboxylic acids is 1. The Bertz CT molecular complexity index is 1040. The van der Waals surface area contributed by atoms with E-state index in [1.54, 1.807) is 0 Å².